The summed E-state index contributed by atoms with van der Waals surface area (Å²) in [4.78, 5) is 14.5. The van der Waals surface area contributed by atoms with Crippen LogP contribution in [0.25, 0.3) is 5.57 Å². The summed E-state index contributed by atoms with van der Waals surface area (Å²) in [5.41, 5.74) is 2.80. The van der Waals surface area contributed by atoms with Crippen molar-refractivity contribution < 1.29 is 9.53 Å². The summed E-state index contributed by atoms with van der Waals surface area (Å²) in [6, 6.07) is 19.7. The van der Waals surface area contributed by atoms with Crippen LogP contribution < -0.4 is 0 Å². The molecule has 1 aliphatic heterocycles. The van der Waals surface area contributed by atoms with Crippen molar-refractivity contribution in [3.05, 3.63) is 78.4 Å². The van der Waals surface area contributed by atoms with Crippen molar-refractivity contribution >= 4 is 11.5 Å². The molecule has 0 aliphatic carbocycles. The molecule has 1 amide bonds. The standard InChI is InChI=1S/C19H19NO2/c1-15(17-10-6-3-7-11-17)18-19(21)20(12-13-22-18)14-16-8-4-2-5-9-16/h2-11,18H,1,12-14H2/t18-/m0/s1. The average Bonchev–Trinajstić information content (AvgIpc) is 2.58. The highest BCUT2D eigenvalue weighted by atomic mass is 16.5. The Balaban J connectivity index is 1.74. The maximum atomic E-state index is 12.7. The van der Waals surface area contributed by atoms with Gasteiger partial charge in [-0.15, -0.1) is 0 Å². The van der Waals surface area contributed by atoms with Crippen LogP contribution in [0.3, 0.4) is 0 Å². The molecule has 3 nitrogen and oxygen atoms in total. The lowest BCUT2D eigenvalue weighted by atomic mass is 10.00. The Morgan fingerprint density at radius 1 is 1.09 bits per heavy atom. The maximum absolute atomic E-state index is 12.7. The third-order valence-electron chi connectivity index (χ3n) is 3.86. The van der Waals surface area contributed by atoms with Crippen molar-refractivity contribution in [3.63, 3.8) is 0 Å². The van der Waals surface area contributed by atoms with Crippen molar-refractivity contribution in [3.8, 4) is 0 Å². The number of rotatable bonds is 4. The summed E-state index contributed by atoms with van der Waals surface area (Å²) < 4.78 is 5.68. The third-order valence-corrected chi connectivity index (χ3v) is 3.86. The van der Waals surface area contributed by atoms with Gasteiger partial charge in [0.15, 0.2) is 6.10 Å². The zero-order valence-electron chi connectivity index (χ0n) is 12.4. The minimum Gasteiger partial charge on any atom is -0.362 e. The quantitative estimate of drug-likeness (QED) is 0.867. The normalized spacial score (nSPS) is 18.3. The lowest BCUT2D eigenvalue weighted by molar-refractivity contribution is -0.148. The van der Waals surface area contributed by atoms with Gasteiger partial charge in [-0.05, 0) is 16.7 Å². The zero-order valence-corrected chi connectivity index (χ0v) is 12.4. The number of benzene rings is 2. The van der Waals surface area contributed by atoms with E-state index in [0.29, 0.717) is 19.7 Å². The Morgan fingerprint density at radius 3 is 2.41 bits per heavy atom. The smallest absolute Gasteiger partial charge is 0.256 e. The molecule has 1 atom stereocenters. The molecule has 0 spiro atoms. The predicted molar refractivity (Wildman–Crippen MR) is 87.1 cm³/mol. The Bertz CT molecular complexity index is 652. The van der Waals surface area contributed by atoms with E-state index in [1.165, 1.54) is 0 Å². The molecule has 0 aromatic heterocycles. The molecule has 0 radical (unpaired) electrons. The number of hydrogen-bond donors (Lipinski definition) is 0. The summed E-state index contributed by atoms with van der Waals surface area (Å²) in [5, 5.41) is 0. The first-order valence-electron chi connectivity index (χ1n) is 7.44. The van der Waals surface area contributed by atoms with Crippen molar-refractivity contribution in [1.82, 2.24) is 4.90 Å². The molecule has 0 N–H and O–H groups in total. The topological polar surface area (TPSA) is 29.5 Å². The first-order valence-corrected chi connectivity index (χ1v) is 7.44. The predicted octanol–water partition coefficient (Wildman–Crippen LogP) is 3.13. The molecule has 1 aliphatic rings. The van der Waals surface area contributed by atoms with Crippen LogP contribution in [0.1, 0.15) is 11.1 Å². The first-order chi connectivity index (χ1) is 10.8. The van der Waals surface area contributed by atoms with E-state index in [9.17, 15) is 4.79 Å². The Labute approximate surface area is 130 Å². The van der Waals surface area contributed by atoms with Crippen LogP contribution in [0.2, 0.25) is 0 Å². The summed E-state index contributed by atoms with van der Waals surface area (Å²) in [5.74, 6) is -0.0102. The van der Waals surface area contributed by atoms with Crippen molar-refractivity contribution in [1.29, 1.82) is 0 Å². The SMILES string of the molecule is C=C(c1ccccc1)[C@@H]1OCCN(Cc2ccccc2)C1=O. The second kappa shape index (κ2) is 6.58. The number of hydrogen-bond acceptors (Lipinski definition) is 2. The molecule has 2 aromatic rings. The van der Waals surface area contributed by atoms with Gasteiger partial charge in [-0.1, -0.05) is 67.2 Å². The maximum Gasteiger partial charge on any atom is 0.256 e. The van der Waals surface area contributed by atoms with Gasteiger partial charge in [-0.2, -0.15) is 0 Å². The number of nitrogens with zero attached hydrogens (tertiary/aromatic N) is 1. The monoisotopic (exact) mass is 293 g/mol. The van der Waals surface area contributed by atoms with Crippen molar-refractivity contribution in [2.45, 2.75) is 12.6 Å². The van der Waals surface area contributed by atoms with E-state index in [2.05, 4.69) is 6.58 Å². The molecule has 0 unspecified atom stereocenters. The van der Waals surface area contributed by atoms with Crippen LogP contribution in [-0.2, 0) is 16.1 Å². The summed E-state index contributed by atoms with van der Waals surface area (Å²) in [6.07, 6.45) is -0.583. The van der Waals surface area contributed by atoms with Gasteiger partial charge in [-0.25, -0.2) is 0 Å². The highest BCUT2D eigenvalue weighted by Gasteiger charge is 2.32. The van der Waals surface area contributed by atoms with Crippen LogP contribution in [0.4, 0.5) is 0 Å². The van der Waals surface area contributed by atoms with Gasteiger partial charge in [0.1, 0.15) is 0 Å². The van der Waals surface area contributed by atoms with Gasteiger partial charge in [-0.3, -0.25) is 4.79 Å². The van der Waals surface area contributed by atoms with Gasteiger partial charge in [0.05, 0.1) is 6.61 Å². The zero-order chi connectivity index (χ0) is 15.4. The molecular formula is C19H19NO2. The van der Waals surface area contributed by atoms with Crippen LogP contribution in [-0.4, -0.2) is 30.1 Å². The van der Waals surface area contributed by atoms with E-state index in [-0.39, 0.29) is 5.91 Å². The highest BCUT2D eigenvalue weighted by molar-refractivity contribution is 5.94. The third kappa shape index (κ3) is 3.10. The molecule has 0 saturated carbocycles. The molecule has 22 heavy (non-hydrogen) atoms. The van der Waals surface area contributed by atoms with Crippen molar-refractivity contribution in [2.75, 3.05) is 13.2 Å². The molecule has 2 aromatic carbocycles. The molecule has 1 fully saturated rings. The van der Waals surface area contributed by atoms with E-state index >= 15 is 0 Å². The number of carbonyl (C=O) groups is 1. The molecular weight excluding hydrogens is 274 g/mol. The Hall–Kier alpha value is -2.39. The van der Waals surface area contributed by atoms with E-state index in [1.807, 2.05) is 65.6 Å². The Kier molecular flexibility index (Phi) is 4.35. The lowest BCUT2D eigenvalue weighted by Gasteiger charge is -2.33. The molecule has 112 valence electrons. The van der Waals surface area contributed by atoms with Crippen LogP contribution in [0.5, 0.6) is 0 Å². The van der Waals surface area contributed by atoms with Crippen LogP contribution in [0, 0.1) is 0 Å². The van der Waals surface area contributed by atoms with Gasteiger partial charge in [0.25, 0.3) is 5.91 Å². The van der Waals surface area contributed by atoms with E-state index < -0.39 is 6.10 Å². The number of morpholine rings is 1. The summed E-state index contributed by atoms with van der Waals surface area (Å²) in [6.45, 7) is 5.83. The van der Waals surface area contributed by atoms with Gasteiger partial charge >= 0.3 is 0 Å². The van der Waals surface area contributed by atoms with Gasteiger partial charge < -0.3 is 9.64 Å². The summed E-state index contributed by atoms with van der Waals surface area (Å²) >= 11 is 0. The van der Waals surface area contributed by atoms with Crippen LogP contribution >= 0.6 is 0 Å². The largest absolute Gasteiger partial charge is 0.362 e. The minimum absolute atomic E-state index is 0.0102. The number of ether oxygens (including phenoxy) is 1. The minimum atomic E-state index is -0.583. The highest BCUT2D eigenvalue weighted by Crippen LogP contribution is 2.23. The molecule has 3 rings (SSSR count). The fourth-order valence-electron chi connectivity index (χ4n) is 2.64. The van der Waals surface area contributed by atoms with E-state index in [4.69, 9.17) is 4.74 Å². The lowest BCUT2D eigenvalue weighted by Crippen LogP contribution is -2.47. The Morgan fingerprint density at radius 2 is 1.73 bits per heavy atom. The summed E-state index contributed by atoms with van der Waals surface area (Å²) in [7, 11) is 0. The molecule has 1 heterocycles. The molecule has 1 saturated heterocycles. The number of carbonyl (C=O) groups excluding carboxylic acids is 1. The number of amides is 1. The fourth-order valence-corrected chi connectivity index (χ4v) is 2.64. The fraction of sp³-hybridized carbons (Fsp3) is 0.211. The molecule has 0 bridgehead atoms. The van der Waals surface area contributed by atoms with Crippen molar-refractivity contribution in [2.24, 2.45) is 0 Å². The van der Waals surface area contributed by atoms with Gasteiger partial charge in [0.2, 0.25) is 0 Å². The van der Waals surface area contributed by atoms with Crippen LogP contribution in [0.15, 0.2) is 67.2 Å². The first kappa shape index (κ1) is 14.5. The second-order valence-corrected chi connectivity index (χ2v) is 5.39. The van der Waals surface area contributed by atoms with E-state index in [0.717, 1.165) is 16.7 Å². The average molecular weight is 293 g/mol. The van der Waals surface area contributed by atoms with Gasteiger partial charge in [0, 0.05) is 13.1 Å². The molecule has 3 heteroatoms. The second-order valence-electron chi connectivity index (χ2n) is 5.39. The van der Waals surface area contributed by atoms with E-state index in [1.54, 1.807) is 0 Å².